The number of rotatable bonds is 8. The average molecular weight is 417 g/mol. The van der Waals surface area contributed by atoms with Crippen LogP contribution >= 0.6 is 10.6 Å². The minimum atomic E-state index is -3.55. The van der Waals surface area contributed by atoms with Crippen LogP contribution in [0.5, 0.6) is 0 Å². The predicted octanol–water partition coefficient (Wildman–Crippen LogP) is 4.53. The van der Waals surface area contributed by atoms with Crippen molar-refractivity contribution in [2.75, 3.05) is 0 Å². The van der Waals surface area contributed by atoms with Gasteiger partial charge in [0.1, 0.15) is 16.7 Å². The molecule has 1 aromatic rings. The van der Waals surface area contributed by atoms with Crippen molar-refractivity contribution in [3.8, 4) is 0 Å². The smallest absolute Gasteiger partial charge is 0.246 e. The number of carbonyl (C=O) groups is 1. The second-order valence-corrected chi connectivity index (χ2v) is 11.0. The van der Waals surface area contributed by atoms with Crippen LogP contribution < -0.4 is 11.1 Å². The van der Waals surface area contributed by atoms with E-state index in [2.05, 4.69) is 15.5 Å². The molecule has 160 valence electrons. The van der Waals surface area contributed by atoms with E-state index < -0.39 is 38.8 Å². The molecular weight excluding hydrogens is 383 g/mol. The van der Waals surface area contributed by atoms with Crippen LogP contribution in [0.4, 0.5) is 4.39 Å². The number of hydrogen-bond donors (Lipinski definition) is 4. The van der Waals surface area contributed by atoms with Gasteiger partial charge in [0.25, 0.3) is 0 Å². The first kappa shape index (κ1) is 24.5. The lowest BCUT2D eigenvalue weighted by Crippen LogP contribution is -2.49. The van der Waals surface area contributed by atoms with Crippen molar-refractivity contribution >= 4 is 16.5 Å². The first-order valence-corrected chi connectivity index (χ1v) is 10.7. The molecule has 5 N–H and O–H groups in total. The summed E-state index contributed by atoms with van der Waals surface area (Å²) < 4.78 is 33.1. The summed E-state index contributed by atoms with van der Waals surface area (Å²) in [7, 11) is -3.55. The fourth-order valence-corrected chi connectivity index (χ4v) is 3.62. The van der Waals surface area contributed by atoms with E-state index >= 15 is 0 Å². The van der Waals surface area contributed by atoms with E-state index in [4.69, 9.17) is 5.73 Å². The number of azo groups is 1. The Balaban J connectivity index is 3.05. The normalized spacial score (nSPS) is 16.1. The molecule has 0 spiro atoms. The number of benzene rings is 1. The molecule has 28 heavy (non-hydrogen) atoms. The van der Waals surface area contributed by atoms with Crippen LogP contribution in [0.3, 0.4) is 0 Å². The van der Waals surface area contributed by atoms with Crippen molar-refractivity contribution < 1.29 is 18.3 Å². The number of halogens is 1. The fourth-order valence-electron chi connectivity index (χ4n) is 2.20. The standard InChI is InChI=1S/C19H33FN4O3S/c1-13(21)7-12-16(23-24-18(2,3)4)22-17(25)19(5,6)28(26,27)15-10-8-14(20)9-11-15/h8-11,13,16,26-27H,7,12,21H2,1-6H3,(H,22,25). The molecule has 0 fully saturated rings. The third-order valence-corrected chi connectivity index (χ3v) is 6.63. The SMILES string of the molecule is CC(N)CCC(N=NC(C)(C)C)NC(=O)C(C)(C)S(O)(O)c1ccc(F)cc1. The molecule has 0 radical (unpaired) electrons. The Morgan fingerprint density at radius 1 is 1.18 bits per heavy atom. The van der Waals surface area contributed by atoms with Crippen LogP contribution in [-0.4, -0.2) is 37.5 Å². The van der Waals surface area contributed by atoms with E-state index in [1.807, 2.05) is 27.7 Å². The van der Waals surface area contributed by atoms with E-state index in [9.17, 15) is 18.3 Å². The Kier molecular flexibility index (Phi) is 8.13. The lowest BCUT2D eigenvalue weighted by molar-refractivity contribution is -0.123. The zero-order valence-corrected chi connectivity index (χ0v) is 18.3. The number of nitrogens with zero attached hydrogens (tertiary/aromatic N) is 2. The number of nitrogens with two attached hydrogens (primary N) is 1. The van der Waals surface area contributed by atoms with Gasteiger partial charge in [-0.05, 0) is 78.6 Å². The monoisotopic (exact) mass is 416 g/mol. The topological polar surface area (TPSA) is 120 Å². The van der Waals surface area contributed by atoms with E-state index in [-0.39, 0.29) is 10.9 Å². The Morgan fingerprint density at radius 2 is 1.71 bits per heavy atom. The molecule has 0 saturated heterocycles. The molecular formula is C19H33FN4O3S. The van der Waals surface area contributed by atoms with Gasteiger partial charge >= 0.3 is 0 Å². The second kappa shape index (κ2) is 9.30. The van der Waals surface area contributed by atoms with Crippen LogP contribution in [0.1, 0.15) is 54.4 Å². The van der Waals surface area contributed by atoms with Gasteiger partial charge < -0.3 is 11.1 Å². The molecule has 0 aliphatic rings. The van der Waals surface area contributed by atoms with Gasteiger partial charge in [-0.15, -0.1) is 0 Å². The maximum Gasteiger partial charge on any atom is 0.246 e. The highest BCUT2D eigenvalue weighted by Gasteiger charge is 2.43. The van der Waals surface area contributed by atoms with E-state index in [1.165, 1.54) is 26.0 Å². The van der Waals surface area contributed by atoms with Crippen molar-refractivity contribution in [1.29, 1.82) is 0 Å². The number of hydrogen-bond acceptors (Lipinski definition) is 6. The second-order valence-electron chi connectivity index (χ2n) is 8.44. The van der Waals surface area contributed by atoms with Crippen LogP contribution in [0.25, 0.3) is 0 Å². The fraction of sp³-hybridized carbons (Fsp3) is 0.632. The highest BCUT2D eigenvalue weighted by molar-refractivity contribution is 8.26. The van der Waals surface area contributed by atoms with Crippen LogP contribution in [0.2, 0.25) is 0 Å². The Labute approximate surface area is 168 Å². The lowest BCUT2D eigenvalue weighted by Gasteiger charge is -2.45. The predicted molar refractivity (Wildman–Crippen MR) is 111 cm³/mol. The zero-order valence-electron chi connectivity index (χ0n) is 17.4. The van der Waals surface area contributed by atoms with Gasteiger partial charge in [0, 0.05) is 6.04 Å². The van der Waals surface area contributed by atoms with Crippen molar-refractivity contribution in [1.82, 2.24) is 5.32 Å². The van der Waals surface area contributed by atoms with E-state index in [0.29, 0.717) is 12.8 Å². The van der Waals surface area contributed by atoms with Crippen LogP contribution in [-0.2, 0) is 4.79 Å². The molecule has 1 amide bonds. The number of carbonyl (C=O) groups excluding carboxylic acids is 1. The Hall–Kier alpha value is -1.55. The molecule has 1 aromatic carbocycles. The third kappa shape index (κ3) is 6.80. The first-order valence-electron chi connectivity index (χ1n) is 9.19. The summed E-state index contributed by atoms with van der Waals surface area (Å²) in [6.45, 7) is 10.4. The maximum atomic E-state index is 13.2. The minimum absolute atomic E-state index is 0.0723. The average Bonchev–Trinajstić information content (AvgIpc) is 2.56. The number of nitrogens with one attached hydrogen (secondary N) is 1. The van der Waals surface area contributed by atoms with Crippen molar-refractivity contribution in [2.45, 2.75) is 81.8 Å². The molecule has 0 aliphatic carbocycles. The molecule has 0 heterocycles. The maximum absolute atomic E-state index is 13.2. The van der Waals surface area contributed by atoms with Gasteiger partial charge in [-0.2, -0.15) is 20.8 Å². The summed E-state index contributed by atoms with van der Waals surface area (Å²) in [6.07, 6.45) is 0.442. The summed E-state index contributed by atoms with van der Waals surface area (Å²) in [5.74, 6) is -1.08. The highest BCUT2D eigenvalue weighted by Crippen LogP contribution is 2.58. The number of amides is 1. The summed E-state index contributed by atoms with van der Waals surface area (Å²) >= 11 is 0. The molecule has 0 saturated carbocycles. The summed E-state index contributed by atoms with van der Waals surface area (Å²) in [5, 5.41) is 11.2. The molecule has 0 bridgehead atoms. The summed E-state index contributed by atoms with van der Waals surface area (Å²) in [4.78, 5) is 13.0. The van der Waals surface area contributed by atoms with Crippen LogP contribution in [0, 0.1) is 5.82 Å². The van der Waals surface area contributed by atoms with Gasteiger partial charge in [-0.25, -0.2) is 4.39 Å². The molecule has 9 heteroatoms. The van der Waals surface area contributed by atoms with E-state index in [1.54, 1.807) is 0 Å². The first-order chi connectivity index (χ1) is 12.7. The molecule has 2 atom stereocenters. The van der Waals surface area contributed by atoms with Gasteiger partial charge in [-0.1, -0.05) is 0 Å². The van der Waals surface area contributed by atoms with E-state index in [0.717, 1.165) is 12.1 Å². The highest BCUT2D eigenvalue weighted by atomic mass is 32.3. The molecule has 7 nitrogen and oxygen atoms in total. The van der Waals surface area contributed by atoms with Gasteiger partial charge in [-0.3, -0.25) is 13.9 Å². The van der Waals surface area contributed by atoms with Gasteiger partial charge in [0.2, 0.25) is 5.91 Å². The zero-order chi connectivity index (χ0) is 21.8. The molecule has 0 aliphatic heterocycles. The Bertz CT molecular complexity index is 685. The van der Waals surface area contributed by atoms with Crippen molar-refractivity contribution in [3.05, 3.63) is 30.1 Å². The summed E-state index contributed by atoms with van der Waals surface area (Å²) in [6, 6.07) is 4.72. The van der Waals surface area contributed by atoms with Crippen LogP contribution in [0.15, 0.2) is 39.4 Å². The molecule has 1 rings (SSSR count). The summed E-state index contributed by atoms with van der Waals surface area (Å²) in [5.41, 5.74) is 5.39. The molecule has 2 unspecified atom stereocenters. The van der Waals surface area contributed by atoms with Crippen molar-refractivity contribution in [2.24, 2.45) is 16.0 Å². The molecule has 0 aromatic heterocycles. The lowest BCUT2D eigenvalue weighted by atomic mass is 10.1. The minimum Gasteiger partial charge on any atom is -0.331 e. The van der Waals surface area contributed by atoms with Crippen molar-refractivity contribution in [3.63, 3.8) is 0 Å². The Morgan fingerprint density at radius 3 is 2.18 bits per heavy atom. The quantitative estimate of drug-likeness (QED) is 0.465. The third-order valence-electron chi connectivity index (χ3n) is 4.09. The largest absolute Gasteiger partial charge is 0.331 e. The van der Waals surface area contributed by atoms with Gasteiger partial charge in [0.15, 0.2) is 0 Å². The van der Waals surface area contributed by atoms with Gasteiger partial charge in [0.05, 0.1) is 10.4 Å².